The Hall–Kier alpha value is -3.58. The predicted molar refractivity (Wildman–Crippen MR) is 125 cm³/mol. The number of nitrogens with one attached hydrogen (secondary N) is 1. The fraction of sp³-hybridized carbons (Fsp3) is 0.240. The summed E-state index contributed by atoms with van der Waals surface area (Å²) in [5.74, 6) is 0.939. The number of hydrogen-bond acceptors (Lipinski definition) is 6. The predicted octanol–water partition coefficient (Wildman–Crippen LogP) is 5.19. The standard InChI is InChI=1S/C25H24FN5O/c1-16-14-31(15-17(2)32-16)23-8-7-19(13-21(23)26)28-25-20-5-3-4-6-22(20)29-24(30-25)18-9-11-27-12-10-18/h3-13,16-17H,14-15H2,1-2H3,(H,28,29,30). The summed E-state index contributed by atoms with van der Waals surface area (Å²) >= 11 is 0. The molecule has 5 rings (SSSR count). The van der Waals surface area contributed by atoms with Gasteiger partial charge in [0.25, 0.3) is 0 Å². The molecule has 3 heterocycles. The number of para-hydroxylation sites is 1. The van der Waals surface area contributed by atoms with Crippen molar-refractivity contribution in [1.82, 2.24) is 15.0 Å². The van der Waals surface area contributed by atoms with Crippen molar-refractivity contribution < 1.29 is 9.13 Å². The van der Waals surface area contributed by atoms with Crippen molar-refractivity contribution in [3.8, 4) is 11.4 Å². The second kappa shape index (κ2) is 8.51. The molecule has 1 saturated heterocycles. The lowest BCUT2D eigenvalue weighted by molar-refractivity contribution is -0.00539. The first kappa shape index (κ1) is 20.3. The molecular formula is C25H24FN5O. The summed E-state index contributed by atoms with van der Waals surface area (Å²) in [6, 6.07) is 16.7. The summed E-state index contributed by atoms with van der Waals surface area (Å²) in [4.78, 5) is 15.5. The Morgan fingerprint density at radius 3 is 2.47 bits per heavy atom. The molecule has 1 N–H and O–H groups in total. The molecule has 2 atom stereocenters. The number of morpholine rings is 1. The molecular weight excluding hydrogens is 405 g/mol. The Morgan fingerprint density at radius 1 is 0.969 bits per heavy atom. The van der Waals surface area contributed by atoms with E-state index in [0.29, 0.717) is 36.1 Å². The quantitative estimate of drug-likeness (QED) is 0.482. The summed E-state index contributed by atoms with van der Waals surface area (Å²) < 4.78 is 20.9. The molecule has 0 radical (unpaired) electrons. The van der Waals surface area contributed by atoms with Crippen LogP contribution in [0.1, 0.15) is 13.8 Å². The number of halogens is 1. The van der Waals surface area contributed by atoms with E-state index in [4.69, 9.17) is 9.72 Å². The van der Waals surface area contributed by atoms with Crippen LogP contribution in [0, 0.1) is 5.82 Å². The lowest BCUT2D eigenvalue weighted by Crippen LogP contribution is -2.45. The number of pyridine rings is 1. The third-order valence-corrected chi connectivity index (χ3v) is 5.51. The highest BCUT2D eigenvalue weighted by Crippen LogP contribution is 2.30. The van der Waals surface area contributed by atoms with Crippen molar-refractivity contribution in [2.24, 2.45) is 0 Å². The van der Waals surface area contributed by atoms with Gasteiger partial charge in [0, 0.05) is 42.1 Å². The van der Waals surface area contributed by atoms with Crippen LogP contribution in [0.4, 0.5) is 21.6 Å². The average molecular weight is 429 g/mol. The maximum Gasteiger partial charge on any atom is 0.162 e. The van der Waals surface area contributed by atoms with Crippen molar-refractivity contribution in [2.75, 3.05) is 23.3 Å². The van der Waals surface area contributed by atoms with Gasteiger partial charge in [-0.3, -0.25) is 4.98 Å². The van der Waals surface area contributed by atoms with Gasteiger partial charge in [0.1, 0.15) is 11.6 Å². The number of nitrogens with zero attached hydrogens (tertiary/aromatic N) is 4. The first-order chi connectivity index (χ1) is 15.6. The monoisotopic (exact) mass is 429 g/mol. The number of hydrogen-bond donors (Lipinski definition) is 1. The third-order valence-electron chi connectivity index (χ3n) is 5.51. The van der Waals surface area contributed by atoms with Gasteiger partial charge in [0.05, 0.1) is 23.4 Å². The zero-order valence-corrected chi connectivity index (χ0v) is 18.0. The first-order valence-electron chi connectivity index (χ1n) is 10.7. The van der Waals surface area contributed by atoms with Gasteiger partial charge in [-0.25, -0.2) is 14.4 Å². The van der Waals surface area contributed by atoms with E-state index in [0.717, 1.165) is 16.5 Å². The van der Waals surface area contributed by atoms with E-state index in [-0.39, 0.29) is 18.0 Å². The summed E-state index contributed by atoms with van der Waals surface area (Å²) in [5.41, 5.74) is 2.89. The summed E-state index contributed by atoms with van der Waals surface area (Å²) in [6.45, 7) is 5.36. The molecule has 0 saturated carbocycles. The van der Waals surface area contributed by atoms with Crippen LogP contribution >= 0.6 is 0 Å². The van der Waals surface area contributed by atoms with Crippen LogP contribution in [0.15, 0.2) is 67.0 Å². The van der Waals surface area contributed by atoms with E-state index in [1.807, 2.05) is 67.3 Å². The van der Waals surface area contributed by atoms with Crippen molar-refractivity contribution >= 4 is 28.1 Å². The van der Waals surface area contributed by atoms with Crippen molar-refractivity contribution in [3.05, 3.63) is 72.8 Å². The van der Waals surface area contributed by atoms with Crippen molar-refractivity contribution in [2.45, 2.75) is 26.1 Å². The molecule has 0 aliphatic carbocycles. The molecule has 1 aliphatic heterocycles. The molecule has 2 unspecified atom stereocenters. The highest BCUT2D eigenvalue weighted by Gasteiger charge is 2.24. The molecule has 7 heteroatoms. The highest BCUT2D eigenvalue weighted by atomic mass is 19.1. The topological polar surface area (TPSA) is 63.2 Å². The Balaban J connectivity index is 1.48. The minimum atomic E-state index is -0.274. The highest BCUT2D eigenvalue weighted by molar-refractivity contribution is 5.92. The Labute approximate surface area is 186 Å². The van der Waals surface area contributed by atoms with E-state index >= 15 is 4.39 Å². The molecule has 0 spiro atoms. The lowest BCUT2D eigenvalue weighted by Gasteiger charge is -2.37. The van der Waals surface area contributed by atoms with Crippen LogP contribution in [0.5, 0.6) is 0 Å². The molecule has 0 amide bonds. The number of rotatable bonds is 4. The molecule has 1 fully saturated rings. The third kappa shape index (κ3) is 4.11. The van der Waals surface area contributed by atoms with Crippen molar-refractivity contribution in [1.29, 1.82) is 0 Å². The molecule has 6 nitrogen and oxygen atoms in total. The molecule has 162 valence electrons. The summed E-state index contributed by atoms with van der Waals surface area (Å²) in [5, 5.41) is 4.16. The van der Waals surface area contributed by atoms with E-state index in [1.165, 1.54) is 6.07 Å². The van der Waals surface area contributed by atoms with E-state index in [1.54, 1.807) is 12.4 Å². The minimum Gasteiger partial charge on any atom is -0.372 e. The minimum absolute atomic E-state index is 0.0648. The summed E-state index contributed by atoms with van der Waals surface area (Å²) in [7, 11) is 0. The molecule has 4 aromatic rings. The van der Waals surface area contributed by atoms with Crippen LogP contribution in [-0.2, 0) is 4.74 Å². The largest absolute Gasteiger partial charge is 0.372 e. The molecule has 2 aromatic heterocycles. The van der Waals surface area contributed by atoms with Crippen LogP contribution in [0.25, 0.3) is 22.3 Å². The van der Waals surface area contributed by atoms with Gasteiger partial charge in [-0.1, -0.05) is 12.1 Å². The second-order valence-electron chi connectivity index (χ2n) is 8.10. The van der Waals surface area contributed by atoms with Crippen LogP contribution < -0.4 is 10.2 Å². The number of fused-ring (bicyclic) bond motifs is 1. The first-order valence-corrected chi connectivity index (χ1v) is 10.7. The van der Waals surface area contributed by atoms with Gasteiger partial charge in [-0.15, -0.1) is 0 Å². The normalized spacial score (nSPS) is 18.7. The SMILES string of the molecule is CC1CN(c2ccc(Nc3nc(-c4ccncc4)nc4ccccc34)cc2F)CC(C)O1. The number of ether oxygens (including phenoxy) is 1. The molecule has 1 aliphatic rings. The fourth-order valence-electron chi connectivity index (χ4n) is 4.15. The van der Waals surface area contributed by atoms with E-state index in [9.17, 15) is 0 Å². The van der Waals surface area contributed by atoms with Crippen LogP contribution in [-0.4, -0.2) is 40.2 Å². The Kier molecular flexibility index (Phi) is 5.41. The Bertz CT molecular complexity index is 1240. The van der Waals surface area contributed by atoms with Gasteiger partial charge >= 0.3 is 0 Å². The maximum absolute atomic E-state index is 15.1. The van der Waals surface area contributed by atoms with E-state index < -0.39 is 0 Å². The zero-order valence-electron chi connectivity index (χ0n) is 18.0. The number of anilines is 3. The average Bonchev–Trinajstić information content (AvgIpc) is 2.79. The van der Waals surface area contributed by atoms with E-state index in [2.05, 4.69) is 15.3 Å². The smallest absolute Gasteiger partial charge is 0.162 e. The summed E-state index contributed by atoms with van der Waals surface area (Å²) in [6.07, 6.45) is 3.55. The van der Waals surface area contributed by atoms with Gasteiger partial charge in [-0.05, 0) is 56.3 Å². The fourth-order valence-corrected chi connectivity index (χ4v) is 4.15. The number of benzene rings is 2. The van der Waals surface area contributed by atoms with Crippen LogP contribution in [0.3, 0.4) is 0 Å². The second-order valence-corrected chi connectivity index (χ2v) is 8.10. The lowest BCUT2D eigenvalue weighted by atomic mass is 10.1. The van der Waals surface area contributed by atoms with Gasteiger partial charge in [0.2, 0.25) is 0 Å². The zero-order chi connectivity index (χ0) is 22.1. The van der Waals surface area contributed by atoms with Crippen molar-refractivity contribution in [3.63, 3.8) is 0 Å². The Morgan fingerprint density at radius 2 is 1.72 bits per heavy atom. The van der Waals surface area contributed by atoms with Gasteiger partial charge in [-0.2, -0.15) is 0 Å². The maximum atomic E-state index is 15.1. The van der Waals surface area contributed by atoms with Crippen LogP contribution in [0.2, 0.25) is 0 Å². The van der Waals surface area contributed by atoms with Gasteiger partial charge < -0.3 is 15.0 Å². The molecule has 2 aromatic carbocycles. The number of aromatic nitrogens is 3. The van der Waals surface area contributed by atoms with Gasteiger partial charge in [0.15, 0.2) is 5.82 Å². The molecule has 32 heavy (non-hydrogen) atoms. The molecule has 0 bridgehead atoms.